The van der Waals surface area contributed by atoms with E-state index in [0.717, 1.165) is 13.2 Å². The molecule has 0 spiro atoms. The van der Waals surface area contributed by atoms with E-state index in [0.29, 0.717) is 0 Å². The van der Waals surface area contributed by atoms with Crippen LogP contribution in [0.3, 0.4) is 0 Å². The van der Waals surface area contributed by atoms with Crippen molar-refractivity contribution in [1.29, 1.82) is 0 Å². The minimum absolute atomic E-state index is 0.00876. The molecule has 36 heavy (non-hydrogen) atoms. The first-order valence-corrected chi connectivity index (χ1v) is 10.6. The second kappa shape index (κ2) is 9.72. The predicted octanol–water partition coefficient (Wildman–Crippen LogP) is -0.227. The molecular weight excluding hydrogens is 484 g/mol. The molecule has 0 bridgehead atoms. The van der Waals surface area contributed by atoms with Gasteiger partial charge < -0.3 is 59.1 Å². The van der Waals surface area contributed by atoms with Crippen molar-refractivity contribution in [2.75, 3.05) is 20.8 Å². The van der Waals surface area contributed by atoms with Crippen molar-refractivity contribution in [3.63, 3.8) is 0 Å². The van der Waals surface area contributed by atoms with Crippen LogP contribution in [0.5, 0.6) is 34.5 Å². The predicted molar refractivity (Wildman–Crippen MR) is 120 cm³/mol. The van der Waals surface area contributed by atoms with E-state index in [1.165, 1.54) is 25.3 Å². The molecule has 1 aromatic heterocycles. The summed E-state index contributed by atoms with van der Waals surface area (Å²) in [6.07, 6.45) is -8.42. The quantitative estimate of drug-likeness (QED) is 0.230. The number of hydrogen-bond acceptors (Lipinski definition) is 13. The van der Waals surface area contributed by atoms with E-state index in [1.807, 2.05) is 0 Å². The van der Waals surface area contributed by atoms with Crippen LogP contribution in [-0.4, -0.2) is 87.3 Å². The molecule has 13 heteroatoms. The molecule has 7 N–H and O–H groups in total. The molecule has 1 fully saturated rings. The summed E-state index contributed by atoms with van der Waals surface area (Å²) in [4.78, 5) is 13.6. The molecule has 5 atom stereocenters. The zero-order valence-electron chi connectivity index (χ0n) is 19.0. The van der Waals surface area contributed by atoms with Crippen molar-refractivity contribution < 1.29 is 59.1 Å². The lowest BCUT2D eigenvalue weighted by atomic mass is 9.99. The Kier molecular flexibility index (Phi) is 6.84. The fraction of sp³-hybridized carbons (Fsp3) is 0.348. The highest BCUT2D eigenvalue weighted by Gasteiger charge is 2.45. The maximum Gasteiger partial charge on any atom is 0.239 e. The summed E-state index contributed by atoms with van der Waals surface area (Å²) in [6.45, 7) is -0.740. The fourth-order valence-electron chi connectivity index (χ4n) is 3.88. The number of ether oxygens (including phenoxy) is 4. The van der Waals surface area contributed by atoms with Gasteiger partial charge >= 0.3 is 0 Å². The molecule has 194 valence electrons. The summed E-state index contributed by atoms with van der Waals surface area (Å²) in [7, 11) is 2.45. The molecule has 0 aliphatic carbocycles. The number of rotatable bonds is 6. The van der Waals surface area contributed by atoms with E-state index in [1.54, 1.807) is 0 Å². The largest absolute Gasteiger partial charge is 0.504 e. The number of methoxy groups -OCH3 is 2. The highest BCUT2D eigenvalue weighted by atomic mass is 16.7. The minimum atomic E-state index is -1.86. The molecule has 1 aliphatic heterocycles. The number of phenols is 3. The van der Waals surface area contributed by atoms with Gasteiger partial charge in [-0.25, -0.2) is 0 Å². The first kappa shape index (κ1) is 25.3. The van der Waals surface area contributed by atoms with Crippen LogP contribution in [-0.2, 0) is 4.74 Å². The first-order valence-electron chi connectivity index (χ1n) is 10.6. The standard InChI is InChI=1S/C23H24O13/c1-32-11-5-8(3-4-9(11)25)20-22(36-23-19(31)18(30)15(27)13(7-24)35-23)17(29)14-12(34-20)6-10(26)21(33-2)16(14)28/h3-6,13,15,18-19,23-28,30-31H,7H2,1-2H3/t13-,15-,18?,19?,23-/m1/s1. The molecule has 2 aromatic carbocycles. The molecule has 0 radical (unpaired) electrons. The molecule has 1 saturated heterocycles. The van der Waals surface area contributed by atoms with E-state index in [9.17, 15) is 40.5 Å². The second-order valence-electron chi connectivity index (χ2n) is 7.94. The average Bonchev–Trinajstić information content (AvgIpc) is 2.85. The van der Waals surface area contributed by atoms with Crippen LogP contribution in [0.1, 0.15) is 0 Å². The summed E-state index contributed by atoms with van der Waals surface area (Å²) in [5, 5.41) is 70.3. The third-order valence-corrected chi connectivity index (χ3v) is 5.78. The monoisotopic (exact) mass is 508 g/mol. The summed E-state index contributed by atoms with van der Waals surface area (Å²) < 4.78 is 26.8. The summed E-state index contributed by atoms with van der Waals surface area (Å²) in [5.41, 5.74) is -1.11. The Hall–Kier alpha value is -3.75. The van der Waals surface area contributed by atoms with Crippen LogP contribution in [0.4, 0.5) is 0 Å². The summed E-state index contributed by atoms with van der Waals surface area (Å²) in [6, 6.07) is 4.95. The molecule has 0 amide bonds. The average molecular weight is 508 g/mol. The van der Waals surface area contributed by atoms with Gasteiger partial charge in [0.25, 0.3) is 0 Å². The number of benzene rings is 2. The van der Waals surface area contributed by atoms with Gasteiger partial charge in [0.1, 0.15) is 35.4 Å². The number of aliphatic hydroxyl groups excluding tert-OH is 4. The van der Waals surface area contributed by atoms with Gasteiger partial charge in [-0.3, -0.25) is 4.79 Å². The van der Waals surface area contributed by atoms with Gasteiger partial charge in [0, 0.05) is 11.6 Å². The number of phenolic OH excluding ortho intramolecular Hbond substituents is 3. The van der Waals surface area contributed by atoms with Gasteiger partial charge in [-0.15, -0.1) is 0 Å². The molecule has 4 rings (SSSR count). The van der Waals surface area contributed by atoms with Crippen LogP contribution in [0.25, 0.3) is 22.3 Å². The van der Waals surface area contributed by atoms with E-state index in [-0.39, 0.29) is 28.4 Å². The normalized spacial score (nSPS) is 24.0. The van der Waals surface area contributed by atoms with E-state index in [2.05, 4.69) is 0 Å². The highest BCUT2D eigenvalue weighted by molar-refractivity contribution is 5.91. The highest BCUT2D eigenvalue weighted by Crippen LogP contribution is 2.44. The lowest BCUT2D eigenvalue weighted by Crippen LogP contribution is -2.60. The number of aliphatic hydroxyl groups is 4. The molecule has 13 nitrogen and oxygen atoms in total. The number of hydrogen-bond donors (Lipinski definition) is 7. The second-order valence-corrected chi connectivity index (χ2v) is 7.94. The Bertz CT molecular complexity index is 1330. The third-order valence-electron chi connectivity index (χ3n) is 5.78. The van der Waals surface area contributed by atoms with Crippen LogP contribution >= 0.6 is 0 Å². The SMILES string of the molecule is COc1cc(-c2oc3cc(O)c(OC)c(O)c3c(=O)c2O[C@H]2O[C@H](CO)[C@@H](O)C(O)C2O)ccc1O. The first-order chi connectivity index (χ1) is 17.1. The van der Waals surface area contributed by atoms with Gasteiger partial charge in [0.15, 0.2) is 28.8 Å². The van der Waals surface area contributed by atoms with E-state index >= 15 is 0 Å². The van der Waals surface area contributed by atoms with Gasteiger partial charge in [-0.2, -0.15) is 0 Å². The maximum atomic E-state index is 13.6. The summed E-state index contributed by atoms with van der Waals surface area (Å²) >= 11 is 0. The zero-order chi connectivity index (χ0) is 26.3. The molecule has 3 aromatic rings. The van der Waals surface area contributed by atoms with Gasteiger partial charge in [-0.1, -0.05) is 0 Å². The van der Waals surface area contributed by atoms with Crippen LogP contribution in [0.15, 0.2) is 33.5 Å². The molecular formula is C23H24O13. The maximum absolute atomic E-state index is 13.6. The van der Waals surface area contributed by atoms with Crippen molar-refractivity contribution >= 4 is 11.0 Å². The van der Waals surface area contributed by atoms with Crippen molar-refractivity contribution in [3.05, 3.63) is 34.5 Å². The number of aromatic hydroxyl groups is 3. The van der Waals surface area contributed by atoms with Gasteiger partial charge in [-0.05, 0) is 18.2 Å². The lowest BCUT2D eigenvalue weighted by Gasteiger charge is -2.39. The van der Waals surface area contributed by atoms with Crippen LogP contribution < -0.4 is 19.6 Å². The Morgan fingerprint density at radius 3 is 2.28 bits per heavy atom. The molecule has 0 saturated carbocycles. The molecule has 2 heterocycles. The Labute approximate surface area is 202 Å². The van der Waals surface area contributed by atoms with E-state index in [4.69, 9.17) is 23.4 Å². The van der Waals surface area contributed by atoms with Gasteiger partial charge in [0.2, 0.25) is 23.2 Å². The zero-order valence-corrected chi connectivity index (χ0v) is 19.0. The Morgan fingerprint density at radius 2 is 1.64 bits per heavy atom. The van der Waals surface area contributed by atoms with Crippen LogP contribution in [0, 0.1) is 0 Å². The van der Waals surface area contributed by atoms with E-state index < -0.39 is 71.1 Å². The summed E-state index contributed by atoms with van der Waals surface area (Å²) in [5.74, 6) is -2.80. The smallest absolute Gasteiger partial charge is 0.239 e. The topological polar surface area (TPSA) is 209 Å². The third kappa shape index (κ3) is 4.12. The molecule has 1 aliphatic rings. The van der Waals surface area contributed by atoms with Crippen molar-refractivity contribution in [3.8, 4) is 45.8 Å². The van der Waals surface area contributed by atoms with Crippen molar-refractivity contribution in [2.45, 2.75) is 30.7 Å². The van der Waals surface area contributed by atoms with Crippen LogP contribution in [0.2, 0.25) is 0 Å². The Morgan fingerprint density at radius 1 is 0.917 bits per heavy atom. The van der Waals surface area contributed by atoms with Gasteiger partial charge in [0.05, 0.1) is 20.8 Å². The number of fused-ring (bicyclic) bond motifs is 1. The molecule has 2 unspecified atom stereocenters. The van der Waals surface area contributed by atoms with Crippen molar-refractivity contribution in [1.82, 2.24) is 0 Å². The minimum Gasteiger partial charge on any atom is -0.504 e. The lowest BCUT2D eigenvalue weighted by molar-refractivity contribution is -0.277. The fourth-order valence-corrected chi connectivity index (χ4v) is 3.88. The van der Waals surface area contributed by atoms with Crippen molar-refractivity contribution in [2.24, 2.45) is 0 Å². The Balaban J connectivity index is 1.96.